The molecule has 0 spiro atoms. The summed E-state index contributed by atoms with van der Waals surface area (Å²) in [6, 6.07) is 10.6. The number of anilines is 3. The molecule has 0 unspecified atom stereocenters. The van der Waals surface area contributed by atoms with Gasteiger partial charge in [0, 0.05) is 31.9 Å². The van der Waals surface area contributed by atoms with Crippen LogP contribution in [0.5, 0.6) is 5.75 Å². The van der Waals surface area contributed by atoms with Gasteiger partial charge in [0.2, 0.25) is 15.8 Å². The highest BCUT2D eigenvalue weighted by Gasteiger charge is 2.23. The Morgan fingerprint density at radius 1 is 1.09 bits per heavy atom. The average molecular weight is 505 g/mol. The summed E-state index contributed by atoms with van der Waals surface area (Å²) in [5.41, 5.74) is 5.51. The van der Waals surface area contributed by atoms with E-state index in [-0.39, 0.29) is 27.8 Å². The van der Waals surface area contributed by atoms with Gasteiger partial charge in [0.15, 0.2) is 0 Å². The molecular weight excluding hydrogens is 478 g/mol. The number of nitrogen functional groups attached to an aromatic ring is 1. The number of nitrogens with two attached hydrogens (primary N) is 1. The van der Waals surface area contributed by atoms with Crippen LogP contribution < -0.4 is 15.8 Å². The molecule has 0 aliphatic heterocycles. The van der Waals surface area contributed by atoms with Crippen LogP contribution in [-0.4, -0.2) is 44.2 Å². The highest BCUT2D eigenvalue weighted by molar-refractivity contribution is 7.89. The van der Waals surface area contributed by atoms with Gasteiger partial charge in [0.05, 0.1) is 22.6 Å². The van der Waals surface area contributed by atoms with Gasteiger partial charge in [-0.1, -0.05) is 13.3 Å². The first-order valence-electron chi connectivity index (χ1n) is 10.8. The van der Waals surface area contributed by atoms with Crippen molar-refractivity contribution < 1.29 is 26.7 Å². The van der Waals surface area contributed by atoms with Crippen LogP contribution in [0.15, 0.2) is 53.4 Å². The minimum atomic E-state index is -3.57. The topological polar surface area (TPSA) is 115 Å². The molecule has 1 heterocycles. The lowest BCUT2D eigenvalue weighted by molar-refractivity contribution is 0.103. The fourth-order valence-electron chi connectivity index (χ4n) is 3.12. The molecule has 0 atom stereocenters. The van der Waals surface area contributed by atoms with Crippen LogP contribution in [0.2, 0.25) is 0 Å². The van der Waals surface area contributed by atoms with Crippen LogP contribution in [0.4, 0.5) is 26.1 Å². The smallest absolute Gasteiger partial charge is 0.242 e. The quantitative estimate of drug-likeness (QED) is 0.312. The summed E-state index contributed by atoms with van der Waals surface area (Å²) >= 11 is 0. The number of halogens is 2. The number of nitrogens with zero attached hydrogens (tertiary/aromatic N) is 2. The van der Waals surface area contributed by atoms with Crippen LogP contribution in [0, 0.1) is 11.6 Å². The Balaban J connectivity index is 1.79. The fraction of sp³-hybridized carbons (Fsp3) is 0.250. The predicted octanol–water partition coefficient (Wildman–Crippen LogP) is 4.35. The standard InChI is InChI=1S/C24H26F2N4O4S/c1-4-5-12-34-16-13-19(25)22(20(26)14-16)23(31)18-10-11-21(29-24(18)27)28-15-6-8-17(9-7-15)35(32,33)30(2)3/h6-11,13-14H,4-5,12H2,1-3H3,(H3,27,28,29). The fourth-order valence-corrected chi connectivity index (χ4v) is 4.03. The van der Waals surface area contributed by atoms with Crippen molar-refractivity contribution in [1.29, 1.82) is 0 Å². The molecule has 8 nitrogen and oxygen atoms in total. The molecule has 186 valence electrons. The SMILES string of the molecule is CCCCOc1cc(F)c(C(=O)c2ccc(Nc3ccc(S(=O)(=O)N(C)C)cc3)nc2N)c(F)c1. The third kappa shape index (κ3) is 5.92. The molecule has 0 saturated carbocycles. The van der Waals surface area contributed by atoms with Crippen LogP contribution >= 0.6 is 0 Å². The number of carbonyl (C=O) groups excluding carboxylic acids is 1. The maximum Gasteiger partial charge on any atom is 0.242 e. The lowest BCUT2D eigenvalue weighted by atomic mass is 10.0. The number of hydrogen-bond acceptors (Lipinski definition) is 7. The summed E-state index contributed by atoms with van der Waals surface area (Å²) in [4.78, 5) is 17.0. The lowest BCUT2D eigenvalue weighted by Crippen LogP contribution is -2.22. The molecule has 11 heteroatoms. The average Bonchev–Trinajstić information content (AvgIpc) is 2.79. The number of carbonyl (C=O) groups is 1. The Morgan fingerprint density at radius 2 is 1.71 bits per heavy atom. The summed E-state index contributed by atoms with van der Waals surface area (Å²) in [5.74, 6) is -3.04. The van der Waals surface area contributed by atoms with Crippen molar-refractivity contribution in [3.05, 3.63) is 71.3 Å². The number of nitrogens with one attached hydrogen (secondary N) is 1. The van der Waals surface area contributed by atoms with Crippen molar-refractivity contribution in [3.8, 4) is 5.75 Å². The first-order valence-corrected chi connectivity index (χ1v) is 12.2. The molecule has 2 aromatic carbocycles. The number of sulfonamides is 1. The van der Waals surface area contributed by atoms with E-state index in [2.05, 4.69) is 10.3 Å². The van der Waals surface area contributed by atoms with Crippen molar-refractivity contribution in [3.63, 3.8) is 0 Å². The summed E-state index contributed by atoms with van der Waals surface area (Å²) in [7, 11) is -0.697. The number of ketones is 1. The van der Waals surface area contributed by atoms with Gasteiger partial charge in [-0.2, -0.15) is 0 Å². The van der Waals surface area contributed by atoms with Gasteiger partial charge in [-0.3, -0.25) is 4.79 Å². The predicted molar refractivity (Wildman–Crippen MR) is 129 cm³/mol. The summed E-state index contributed by atoms with van der Waals surface area (Å²) in [5, 5.41) is 2.94. The summed E-state index contributed by atoms with van der Waals surface area (Å²) in [6.45, 7) is 2.27. The van der Waals surface area contributed by atoms with Crippen molar-refractivity contribution in [2.75, 3.05) is 31.8 Å². The molecule has 1 aromatic heterocycles. The highest BCUT2D eigenvalue weighted by Crippen LogP contribution is 2.26. The van der Waals surface area contributed by atoms with E-state index in [1.165, 1.54) is 38.4 Å². The van der Waals surface area contributed by atoms with E-state index in [9.17, 15) is 22.0 Å². The van der Waals surface area contributed by atoms with Crippen molar-refractivity contribution in [2.24, 2.45) is 0 Å². The Labute approximate surface area is 202 Å². The summed E-state index contributed by atoms with van der Waals surface area (Å²) in [6.07, 6.45) is 1.59. The van der Waals surface area contributed by atoms with Crippen LogP contribution in [0.1, 0.15) is 35.7 Å². The molecule has 0 radical (unpaired) electrons. The van der Waals surface area contributed by atoms with Crippen molar-refractivity contribution in [2.45, 2.75) is 24.7 Å². The molecule has 0 saturated heterocycles. The number of benzene rings is 2. The van der Waals surface area contributed by atoms with E-state index < -0.39 is 33.0 Å². The molecule has 3 aromatic rings. The van der Waals surface area contributed by atoms with Crippen LogP contribution in [0.25, 0.3) is 0 Å². The third-order valence-corrected chi connectivity index (χ3v) is 6.91. The Kier molecular flexibility index (Phi) is 8.03. The number of ether oxygens (including phenoxy) is 1. The Hall–Kier alpha value is -3.57. The zero-order valence-corrected chi connectivity index (χ0v) is 20.3. The first-order chi connectivity index (χ1) is 16.5. The number of aromatic nitrogens is 1. The molecule has 0 fully saturated rings. The van der Waals surface area contributed by atoms with Crippen molar-refractivity contribution in [1.82, 2.24) is 9.29 Å². The largest absolute Gasteiger partial charge is 0.493 e. The van der Waals surface area contributed by atoms with Gasteiger partial charge in [-0.05, 0) is 42.8 Å². The number of hydrogen-bond donors (Lipinski definition) is 2. The van der Waals surface area contributed by atoms with E-state index in [1.807, 2.05) is 6.92 Å². The zero-order valence-electron chi connectivity index (χ0n) is 19.5. The maximum absolute atomic E-state index is 14.6. The van der Waals surface area contributed by atoms with Crippen molar-refractivity contribution >= 4 is 33.1 Å². The normalized spacial score (nSPS) is 11.5. The first kappa shape index (κ1) is 26.0. The maximum atomic E-state index is 14.6. The minimum Gasteiger partial charge on any atom is -0.493 e. The second-order valence-corrected chi connectivity index (χ2v) is 10.0. The molecule has 3 N–H and O–H groups in total. The van der Waals surface area contributed by atoms with Gasteiger partial charge < -0.3 is 15.8 Å². The van der Waals surface area contributed by atoms with Gasteiger partial charge in [0.1, 0.15) is 29.0 Å². The minimum absolute atomic E-state index is 0.0000418. The Morgan fingerprint density at radius 3 is 2.26 bits per heavy atom. The number of unbranched alkanes of at least 4 members (excludes halogenated alkanes) is 1. The Bertz CT molecular complexity index is 1310. The molecular formula is C24H26F2N4O4S. The zero-order chi connectivity index (χ0) is 25.8. The second kappa shape index (κ2) is 10.8. The van der Waals surface area contributed by atoms with Crippen LogP contribution in [0.3, 0.4) is 0 Å². The molecule has 0 aliphatic carbocycles. The van der Waals surface area contributed by atoms with E-state index in [0.717, 1.165) is 29.3 Å². The molecule has 3 rings (SSSR count). The highest BCUT2D eigenvalue weighted by atomic mass is 32.2. The third-order valence-electron chi connectivity index (χ3n) is 5.08. The number of pyridine rings is 1. The van der Waals surface area contributed by atoms with Gasteiger partial charge >= 0.3 is 0 Å². The van der Waals surface area contributed by atoms with Gasteiger partial charge in [-0.15, -0.1) is 0 Å². The van der Waals surface area contributed by atoms with Crippen LogP contribution in [-0.2, 0) is 10.0 Å². The number of rotatable bonds is 10. The van der Waals surface area contributed by atoms with E-state index in [0.29, 0.717) is 12.3 Å². The summed E-state index contributed by atoms with van der Waals surface area (Å²) < 4.78 is 59.9. The lowest BCUT2D eigenvalue weighted by Gasteiger charge is -2.13. The molecule has 35 heavy (non-hydrogen) atoms. The van der Waals surface area contributed by atoms with Gasteiger partial charge in [0.25, 0.3) is 0 Å². The van der Waals surface area contributed by atoms with E-state index in [1.54, 1.807) is 12.1 Å². The monoisotopic (exact) mass is 504 g/mol. The van der Waals surface area contributed by atoms with E-state index >= 15 is 0 Å². The van der Waals surface area contributed by atoms with Gasteiger partial charge in [-0.25, -0.2) is 26.5 Å². The molecule has 0 aliphatic rings. The second-order valence-electron chi connectivity index (χ2n) is 7.86. The molecule has 0 amide bonds. The van der Waals surface area contributed by atoms with E-state index in [4.69, 9.17) is 10.5 Å². The molecule has 0 bridgehead atoms.